The highest BCUT2D eigenvalue weighted by Crippen LogP contribution is 2.28. The Bertz CT molecular complexity index is 674. The Balaban J connectivity index is 2.18. The van der Waals surface area contributed by atoms with Crippen LogP contribution in [0, 0.1) is 6.92 Å². The zero-order chi connectivity index (χ0) is 16.2. The number of anilines is 1. The van der Waals surface area contributed by atoms with E-state index < -0.39 is 17.8 Å². The number of halogens is 3. The van der Waals surface area contributed by atoms with Crippen molar-refractivity contribution in [1.29, 1.82) is 0 Å². The number of carbonyl (C=O) groups is 1. The molecule has 3 nitrogen and oxygen atoms in total. The van der Waals surface area contributed by atoms with Crippen molar-refractivity contribution in [1.82, 2.24) is 4.98 Å². The van der Waals surface area contributed by atoms with E-state index in [1.54, 1.807) is 12.1 Å². The molecule has 0 spiro atoms. The van der Waals surface area contributed by atoms with Crippen molar-refractivity contribution in [3.8, 4) is 0 Å². The minimum atomic E-state index is -4.31. The first kappa shape index (κ1) is 16.4. The predicted octanol–water partition coefficient (Wildman–Crippen LogP) is 4.30. The number of para-hydroxylation sites is 1. The maximum atomic E-state index is 12.3. The number of aromatic nitrogens is 1. The highest BCUT2D eigenvalue weighted by molar-refractivity contribution is 7.99. The lowest BCUT2D eigenvalue weighted by Crippen LogP contribution is -2.16. The molecule has 1 aromatic heterocycles. The van der Waals surface area contributed by atoms with Gasteiger partial charge in [-0.25, -0.2) is 4.98 Å². The monoisotopic (exact) mass is 326 g/mol. The van der Waals surface area contributed by atoms with Crippen LogP contribution >= 0.6 is 11.8 Å². The lowest BCUT2D eigenvalue weighted by molar-refractivity contribution is -0.105. The van der Waals surface area contributed by atoms with Crippen LogP contribution in [0.25, 0.3) is 0 Å². The molecule has 1 heterocycles. The minimum absolute atomic E-state index is 0.0610. The van der Waals surface area contributed by atoms with Crippen LogP contribution in [-0.4, -0.2) is 22.8 Å². The van der Waals surface area contributed by atoms with Crippen LogP contribution in [0.15, 0.2) is 47.6 Å². The highest BCUT2D eigenvalue weighted by Gasteiger charge is 2.28. The van der Waals surface area contributed by atoms with Crippen LogP contribution < -0.4 is 5.32 Å². The molecule has 0 radical (unpaired) electrons. The molecule has 0 saturated heterocycles. The summed E-state index contributed by atoms with van der Waals surface area (Å²) >= 11 is 0.500. The largest absolute Gasteiger partial charge is 0.398 e. The van der Waals surface area contributed by atoms with E-state index in [0.717, 1.165) is 5.56 Å². The number of nitrogens with zero attached hydrogens (tertiary/aromatic N) is 1. The number of benzene rings is 1. The zero-order valence-electron chi connectivity index (χ0n) is 11.6. The van der Waals surface area contributed by atoms with Gasteiger partial charge in [-0.05, 0) is 30.7 Å². The average Bonchev–Trinajstić information content (AvgIpc) is 2.47. The topological polar surface area (TPSA) is 42.0 Å². The third-order valence-corrected chi connectivity index (χ3v) is 3.85. The molecule has 1 aromatic carbocycles. The van der Waals surface area contributed by atoms with Crippen molar-refractivity contribution in [2.75, 3.05) is 11.1 Å². The number of rotatable bonds is 4. The van der Waals surface area contributed by atoms with Crippen molar-refractivity contribution in [2.24, 2.45) is 0 Å². The van der Waals surface area contributed by atoms with Crippen molar-refractivity contribution in [3.63, 3.8) is 0 Å². The lowest BCUT2D eigenvalue weighted by atomic mass is 10.2. The number of thioether (sulfide) groups is 1. The highest BCUT2D eigenvalue weighted by atomic mass is 32.2. The molecule has 116 valence electrons. The van der Waals surface area contributed by atoms with Gasteiger partial charge in [0, 0.05) is 11.9 Å². The molecule has 7 heteroatoms. The van der Waals surface area contributed by atoms with Crippen molar-refractivity contribution < 1.29 is 18.0 Å². The minimum Gasteiger partial charge on any atom is -0.322 e. The molecule has 22 heavy (non-hydrogen) atoms. The van der Waals surface area contributed by atoms with Gasteiger partial charge in [0.25, 0.3) is 5.91 Å². The summed E-state index contributed by atoms with van der Waals surface area (Å²) in [6.45, 7) is 1.83. The molecule has 0 atom stereocenters. The lowest BCUT2D eigenvalue weighted by Gasteiger charge is -2.11. The Hall–Kier alpha value is -2.02. The van der Waals surface area contributed by atoms with Crippen molar-refractivity contribution in [3.05, 3.63) is 53.7 Å². The predicted molar refractivity (Wildman–Crippen MR) is 80.1 cm³/mol. The summed E-state index contributed by atoms with van der Waals surface area (Å²) in [5.74, 6) is -1.57. The summed E-state index contributed by atoms with van der Waals surface area (Å²) in [7, 11) is 0. The van der Waals surface area contributed by atoms with Crippen LogP contribution in [0.5, 0.6) is 0 Å². The van der Waals surface area contributed by atoms with E-state index in [9.17, 15) is 18.0 Å². The van der Waals surface area contributed by atoms with Crippen LogP contribution in [-0.2, 0) is 0 Å². The fraction of sp³-hybridized carbons (Fsp3) is 0.200. The van der Waals surface area contributed by atoms with Gasteiger partial charge in [-0.2, -0.15) is 13.2 Å². The number of nitrogens with one attached hydrogen (secondary N) is 1. The summed E-state index contributed by atoms with van der Waals surface area (Å²) < 4.78 is 37.0. The smallest absolute Gasteiger partial charge is 0.322 e. The molecular weight excluding hydrogens is 313 g/mol. The molecule has 0 saturated carbocycles. The summed E-state index contributed by atoms with van der Waals surface area (Å²) in [4.78, 5) is 16.1. The van der Waals surface area contributed by atoms with E-state index in [2.05, 4.69) is 10.3 Å². The maximum Gasteiger partial charge on any atom is 0.398 e. The van der Waals surface area contributed by atoms with Crippen molar-refractivity contribution in [2.45, 2.75) is 18.1 Å². The molecule has 0 aliphatic carbocycles. The summed E-state index contributed by atoms with van der Waals surface area (Å²) in [6.07, 6.45) is -2.95. The van der Waals surface area contributed by atoms with Crippen LogP contribution in [0.4, 0.5) is 18.9 Å². The van der Waals surface area contributed by atoms with E-state index >= 15 is 0 Å². The van der Waals surface area contributed by atoms with Gasteiger partial charge in [0.05, 0.1) is 11.3 Å². The Morgan fingerprint density at radius 3 is 2.64 bits per heavy atom. The standard InChI is InChI=1S/C15H13F3N2OS/c1-10-5-2-3-7-12(10)20-13(21)11-6-4-8-19-14(11)22-9-15(16,17)18/h2-8H,9H2,1H3,(H,20,21). The third kappa shape index (κ3) is 4.49. The number of aryl methyl sites for hydroxylation is 1. The molecule has 0 bridgehead atoms. The molecule has 0 unspecified atom stereocenters. The number of carbonyl (C=O) groups excluding carboxylic acids is 1. The van der Waals surface area contributed by atoms with Gasteiger partial charge < -0.3 is 5.32 Å². The maximum absolute atomic E-state index is 12.3. The molecule has 1 N–H and O–H groups in total. The molecule has 0 fully saturated rings. The second-order valence-corrected chi connectivity index (χ2v) is 5.49. The van der Waals surface area contributed by atoms with Gasteiger partial charge in [0.15, 0.2) is 0 Å². The SMILES string of the molecule is Cc1ccccc1NC(=O)c1cccnc1SCC(F)(F)F. The Labute approximate surface area is 129 Å². The first-order valence-electron chi connectivity index (χ1n) is 6.38. The van der Waals surface area contributed by atoms with Gasteiger partial charge >= 0.3 is 6.18 Å². The molecule has 0 aliphatic rings. The normalized spacial score (nSPS) is 11.3. The van der Waals surface area contributed by atoms with E-state index in [4.69, 9.17) is 0 Å². The molecule has 0 aliphatic heterocycles. The Morgan fingerprint density at radius 2 is 1.95 bits per heavy atom. The first-order valence-corrected chi connectivity index (χ1v) is 7.37. The Morgan fingerprint density at radius 1 is 1.23 bits per heavy atom. The van der Waals surface area contributed by atoms with Crippen molar-refractivity contribution >= 4 is 23.4 Å². The van der Waals surface area contributed by atoms with Gasteiger partial charge in [0.1, 0.15) is 5.03 Å². The summed E-state index contributed by atoms with van der Waals surface area (Å²) in [6, 6.07) is 10.1. The molecule has 2 aromatic rings. The number of alkyl halides is 3. The van der Waals surface area contributed by atoms with Gasteiger partial charge in [-0.1, -0.05) is 30.0 Å². The molecular formula is C15H13F3N2OS. The second-order valence-electron chi connectivity index (χ2n) is 4.53. The van der Waals surface area contributed by atoms with Gasteiger partial charge in [0.2, 0.25) is 0 Å². The van der Waals surface area contributed by atoms with E-state index in [1.807, 2.05) is 19.1 Å². The number of hydrogen-bond acceptors (Lipinski definition) is 3. The fourth-order valence-electron chi connectivity index (χ4n) is 1.73. The van der Waals surface area contributed by atoms with Gasteiger partial charge in [-0.15, -0.1) is 0 Å². The van der Waals surface area contributed by atoms with E-state index in [1.165, 1.54) is 18.3 Å². The quantitative estimate of drug-likeness (QED) is 0.852. The summed E-state index contributed by atoms with van der Waals surface area (Å²) in [5.41, 5.74) is 1.60. The average molecular weight is 326 g/mol. The second kappa shape index (κ2) is 6.83. The van der Waals surface area contributed by atoms with E-state index in [-0.39, 0.29) is 10.6 Å². The van der Waals surface area contributed by atoms with Gasteiger partial charge in [-0.3, -0.25) is 4.79 Å². The third-order valence-electron chi connectivity index (χ3n) is 2.78. The van der Waals surface area contributed by atoms with Crippen LogP contribution in [0.2, 0.25) is 0 Å². The fourth-order valence-corrected chi connectivity index (χ4v) is 2.48. The number of amides is 1. The van der Waals surface area contributed by atoms with Crippen LogP contribution in [0.1, 0.15) is 15.9 Å². The molecule has 1 amide bonds. The number of pyridine rings is 1. The summed E-state index contributed by atoms with van der Waals surface area (Å²) in [5, 5.41) is 2.75. The molecule has 2 rings (SSSR count). The first-order chi connectivity index (χ1) is 10.4. The number of hydrogen-bond donors (Lipinski definition) is 1. The zero-order valence-corrected chi connectivity index (χ0v) is 12.5. The Kier molecular flexibility index (Phi) is 5.07. The van der Waals surface area contributed by atoms with Crippen LogP contribution in [0.3, 0.4) is 0 Å². The van der Waals surface area contributed by atoms with E-state index in [0.29, 0.717) is 17.4 Å².